The maximum absolute atomic E-state index is 5.84. The van der Waals surface area contributed by atoms with Crippen molar-refractivity contribution in [2.24, 2.45) is 0 Å². The Morgan fingerprint density at radius 3 is 2.92 bits per heavy atom. The van der Waals surface area contributed by atoms with Gasteiger partial charge < -0.3 is 13.9 Å². The summed E-state index contributed by atoms with van der Waals surface area (Å²) in [6.45, 7) is 7.88. The molecule has 10 heteroatoms. The molecule has 1 aliphatic heterocycles. The summed E-state index contributed by atoms with van der Waals surface area (Å²) in [4.78, 5) is 2.21. The molecule has 3 heterocycles. The molecule has 2 aromatic heterocycles. The monoisotopic (exact) mass is 337 g/mol. The lowest BCUT2D eigenvalue weighted by Gasteiger charge is -2.31. The Hall–Kier alpha value is -1.91. The smallest absolute Gasteiger partial charge is 0.230 e. The molecular formula is C14H23N7O3. The fourth-order valence-corrected chi connectivity index (χ4v) is 2.54. The summed E-state index contributed by atoms with van der Waals surface area (Å²) in [7, 11) is 1.65. The molecular weight excluding hydrogens is 314 g/mol. The van der Waals surface area contributed by atoms with Gasteiger partial charge in [-0.1, -0.05) is 13.8 Å². The van der Waals surface area contributed by atoms with E-state index >= 15 is 0 Å². The third kappa shape index (κ3) is 3.94. The van der Waals surface area contributed by atoms with E-state index in [9.17, 15) is 0 Å². The van der Waals surface area contributed by atoms with Crippen molar-refractivity contribution in [3.05, 3.63) is 17.6 Å². The Labute approximate surface area is 140 Å². The fourth-order valence-electron chi connectivity index (χ4n) is 2.54. The van der Waals surface area contributed by atoms with Crippen LogP contribution in [0.2, 0.25) is 0 Å². The second kappa shape index (κ2) is 7.77. The predicted octanol–water partition coefficient (Wildman–Crippen LogP) is 0.399. The topological polar surface area (TPSA) is 104 Å². The van der Waals surface area contributed by atoms with Crippen LogP contribution in [0.4, 0.5) is 0 Å². The van der Waals surface area contributed by atoms with Crippen molar-refractivity contribution in [2.75, 3.05) is 33.4 Å². The van der Waals surface area contributed by atoms with E-state index in [1.54, 1.807) is 11.8 Å². The van der Waals surface area contributed by atoms with E-state index in [0.717, 1.165) is 6.54 Å². The molecule has 1 atom stereocenters. The lowest BCUT2D eigenvalue weighted by molar-refractivity contribution is -0.0418. The highest BCUT2D eigenvalue weighted by Crippen LogP contribution is 2.21. The van der Waals surface area contributed by atoms with E-state index in [2.05, 4.69) is 30.6 Å². The lowest BCUT2D eigenvalue weighted by Crippen LogP contribution is -2.39. The standard InChI is InChI=1S/C14H23N7O3/c1-10(2)14-17-15-12(24-14)9-20-4-7-23-11(8-20)13-16-18-19-21(13)5-6-22-3/h10-11H,4-9H2,1-3H3/t11-/m1/s1. The van der Waals surface area contributed by atoms with Crippen molar-refractivity contribution in [1.82, 2.24) is 35.3 Å². The molecule has 0 aliphatic carbocycles. The Morgan fingerprint density at radius 1 is 1.29 bits per heavy atom. The largest absolute Gasteiger partial charge is 0.424 e. The molecule has 0 N–H and O–H groups in total. The molecule has 24 heavy (non-hydrogen) atoms. The molecule has 1 aliphatic rings. The number of nitrogens with zero attached hydrogens (tertiary/aromatic N) is 7. The lowest BCUT2D eigenvalue weighted by atomic mass is 10.2. The predicted molar refractivity (Wildman–Crippen MR) is 82.1 cm³/mol. The van der Waals surface area contributed by atoms with Gasteiger partial charge in [-0.3, -0.25) is 4.90 Å². The first-order valence-electron chi connectivity index (χ1n) is 8.08. The Kier molecular flexibility index (Phi) is 5.48. The maximum atomic E-state index is 5.84. The quantitative estimate of drug-likeness (QED) is 0.710. The Balaban J connectivity index is 1.62. The van der Waals surface area contributed by atoms with Gasteiger partial charge in [0.1, 0.15) is 6.10 Å². The third-order valence-corrected chi connectivity index (χ3v) is 3.84. The first-order valence-corrected chi connectivity index (χ1v) is 8.08. The van der Waals surface area contributed by atoms with Gasteiger partial charge in [-0.05, 0) is 10.4 Å². The molecule has 1 saturated heterocycles. The molecule has 0 amide bonds. The molecule has 2 aromatic rings. The van der Waals surface area contributed by atoms with Crippen LogP contribution in [0.15, 0.2) is 4.42 Å². The van der Waals surface area contributed by atoms with Crippen LogP contribution in [0.5, 0.6) is 0 Å². The summed E-state index contributed by atoms with van der Waals surface area (Å²) in [5.41, 5.74) is 0. The molecule has 0 unspecified atom stereocenters. The van der Waals surface area contributed by atoms with E-state index < -0.39 is 0 Å². The van der Waals surface area contributed by atoms with Gasteiger partial charge >= 0.3 is 0 Å². The van der Waals surface area contributed by atoms with Crippen LogP contribution in [0, 0.1) is 0 Å². The third-order valence-electron chi connectivity index (χ3n) is 3.84. The molecule has 0 aromatic carbocycles. The van der Waals surface area contributed by atoms with Gasteiger partial charge in [0.2, 0.25) is 11.8 Å². The highest BCUT2D eigenvalue weighted by Gasteiger charge is 2.27. The molecule has 0 radical (unpaired) electrons. The summed E-state index contributed by atoms with van der Waals surface area (Å²) in [5.74, 6) is 2.23. The number of hydrogen-bond acceptors (Lipinski definition) is 9. The van der Waals surface area contributed by atoms with Gasteiger partial charge in [-0.15, -0.1) is 15.3 Å². The maximum Gasteiger partial charge on any atom is 0.230 e. The fraction of sp³-hybridized carbons (Fsp3) is 0.786. The number of aromatic nitrogens is 6. The summed E-state index contributed by atoms with van der Waals surface area (Å²) in [6.07, 6.45) is -0.182. The van der Waals surface area contributed by atoms with Gasteiger partial charge in [-0.2, -0.15) is 0 Å². The van der Waals surface area contributed by atoms with Crippen LogP contribution in [0.1, 0.15) is 43.5 Å². The van der Waals surface area contributed by atoms with E-state index in [1.807, 2.05) is 13.8 Å². The van der Waals surface area contributed by atoms with Crippen LogP contribution >= 0.6 is 0 Å². The van der Waals surface area contributed by atoms with Crippen LogP contribution in [0.25, 0.3) is 0 Å². The Morgan fingerprint density at radius 2 is 2.17 bits per heavy atom. The second-order valence-electron chi connectivity index (χ2n) is 6.04. The van der Waals surface area contributed by atoms with Crippen molar-refractivity contribution in [2.45, 2.75) is 39.0 Å². The summed E-state index contributed by atoms with van der Waals surface area (Å²) in [6, 6.07) is 0. The SMILES string of the molecule is COCCn1nnnc1[C@H]1CN(Cc2nnc(C(C)C)o2)CCO1. The molecule has 10 nitrogen and oxygen atoms in total. The average molecular weight is 337 g/mol. The van der Waals surface area contributed by atoms with Gasteiger partial charge in [0.15, 0.2) is 5.82 Å². The van der Waals surface area contributed by atoms with Crippen LogP contribution < -0.4 is 0 Å². The number of tetrazole rings is 1. The van der Waals surface area contributed by atoms with Gasteiger partial charge in [-0.25, -0.2) is 4.68 Å². The summed E-state index contributed by atoms with van der Waals surface area (Å²) >= 11 is 0. The number of ether oxygens (including phenoxy) is 2. The zero-order valence-corrected chi connectivity index (χ0v) is 14.3. The highest BCUT2D eigenvalue weighted by molar-refractivity contribution is 4.93. The molecule has 0 bridgehead atoms. The van der Waals surface area contributed by atoms with Gasteiger partial charge in [0.05, 0.1) is 26.3 Å². The Bertz CT molecular complexity index is 642. The molecule has 3 rings (SSSR count). The summed E-state index contributed by atoms with van der Waals surface area (Å²) < 4.78 is 18.3. The number of hydrogen-bond donors (Lipinski definition) is 0. The number of morpholine rings is 1. The molecule has 132 valence electrons. The number of rotatable bonds is 7. The first kappa shape index (κ1) is 16.9. The zero-order chi connectivity index (χ0) is 16.9. The zero-order valence-electron chi connectivity index (χ0n) is 14.3. The highest BCUT2D eigenvalue weighted by atomic mass is 16.5. The van der Waals surface area contributed by atoms with Gasteiger partial charge in [0, 0.05) is 26.1 Å². The van der Waals surface area contributed by atoms with Gasteiger partial charge in [0.25, 0.3) is 0 Å². The van der Waals surface area contributed by atoms with Crippen LogP contribution in [0.3, 0.4) is 0 Å². The van der Waals surface area contributed by atoms with Crippen molar-refractivity contribution >= 4 is 0 Å². The summed E-state index contributed by atoms with van der Waals surface area (Å²) in [5, 5.41) is 20.0. The van der Waals surface area contributed by atoms with Crippen molar-refractivity contribution < 1.29 is 13.9 Å². The minimum atomic E-state index is -0.182. The van der Waals surface area contributed by atoms with E-state index in [1.165, 1.54) is 0 Å². The molecule has 0 spiro atoms. The van der Waals surface area contributed by atoms with E-state index in [-0.39, 0.29) is 12.0 Å². The molecule has 1 fully saturated rings. The van der Waals surface area contributed by atoms with E-state index in [4.69, 9.17) is 13.9 Å². The normalized spacial score (nSPS) is 19.2. The van der Waals surface area contributed by atoms with Crippen molar-refractivity contribution in [1.29, 1.82) is 0 Å². The first-order chi connectivity index (χ1) is 11.7. The minimum Gasteiger partial charge on any atom is -0.424 e. The van der Waals surface area contributed by atoms with Crippen LogP contribution in [-0.2, 0) is 22.6 Å². The average Bonchev–Trinajstić information content (AvgIpc) is 3.22. The van der Waals surface area contributed by atoms with E-state index in [0.29, 0.717) is 50.5 Å². The number of methoxy groups -OCH3 is 1. The van der Waals surface area contributed by atoms with Crippen molar-refractivity contribution in [3.8, 4) is 0 Å². The second-order valence-corrected chi connectivity index (χ2v) is 6.04. The van der Waals surface area contributed by atoms with Crippen molar-refractivity contribution in [3.63, 3.8) is 0 Å². The van der Waals surface area contributed by atoms with Crippen LogP contribution in [-0.4, -0.2) is 68.7 Å². The molecule has 0 saturated carbocycles. The minimum absolute atomic E-state index is 0.182.